The molecule has 0 radical (unpaired) electrons. The maximum Gasteiger partial charge on any atom is 0.335 e. The Morgan fingerprint density at radius 3 is 2.45 bits per heavy atom. The number of carboxylic acid groups (broad SMARTS) is 1. The highest BCUT2D eigenvalue weighted by Gasteiger charge is 2.12. The summed E-state index contributed by atoms with van der Waals surface area (Å²) in [7, 11) is 0. The third kappa shape index (κ3) is 2.11. The summed E-state index contributed by atoms with van der Waals surface area (Å²) in [4.78, 5) is 23.8. The van der Waals surface area contributed by atoms with Crippen LogP contribution in [0, 0.1) is 0 Å². The molecule has 0 unspecified atom stereocenters. The van der Waals surface area contributed by atoms with Gasteiger partial charge in [-0.3, -0.25) is 4.79 Å². The van der Waals surface area contributed by atoms with Gasteiger partial charge in [-0.1, -0.05) is 18.2 Å². The summed E-state index contributed by atoms with van der Waals surface area (Å²) in [5.41, 5.74) is 3.71. The van der Waals surface area contributed by atoms with Crippen molar-refractivity contribution in [3.8, 4) is 0 Å². The first-order valence-corrected chi connectivity index (χ1v) is 6.77. The van der Waals surface area contributed by atoms with Crippen LogP contribution in [0.2, 0.25) is 5.02 Å². The molecule has 0 aliphatic rings. The maximum atomic E-state index is 12.7. The van der Waals surface area contributed by atoms with E-state index < -0.39 is 5.97 Å². The van der Waals surface area contributed by atoms with E-state index in [4.69, 9.17) is 16.7 Å². The van der Waals surface area contributed by atoms with Crippen molar-refractivity contribution in [1.82, 2.24) is 4.57 Å². The van der Waals surface area contributed by atoms with Gasteiger partial charge in [0.25, 0.3) is 0 Å². The molecule has 1 aromatic heterocycles. The van der Waals surface area contributed by atoms with Crippen LogP contribution in [0.5, 0.6) is 0 Å². The fraction of sp³-hybridized carbons (Fsp3) is 0. The fourth-order valence-corrected chi connectivity index (χ4v) is 2.64. The van der Waals surface area contributed by atoms with Gasteiger partial charge in [0.15, 0.2) is 5.43 Å². The van der Waals surface area contributed by atoms with E-state index in [2.05, 4.69) is 12.3 Å². The number of nitrogens with zero attached hydrogens (tertiary/aromatic N) is 1. The van der Waals surface area contributed by atoms with Gasteiger partial charge in [-0.05, 0) is 36.4 Å². The first-order valence-electron chi connectivity index (χ1n) is 6.39. The topological polar surface area (TPSA) is 59.3 Å². The van der Waals surface area contributed by atoms with Crippen molar-refractivity contribution in [3.05, 3.63) is 69.5 Å². The third-order valence-electron chi connectivity index (χ3n) is 3.43. The molecule has 1 heterocycles. The summed E-state index contributed by atoms with van der Waals surface area (Å²) >= 11 is 5.97. The Bertz CT molecular complexity index is 1040. The zero-order chi connectivity index (χ0) is 15.9. The van der Waals surface area contributed by atoms with Gasteiger partial charge in [0, 0.05) is 15.8 Å². The average Bonchev–Trinajstić information content (AvgIpc) is 2.51. The van der Waals surface area contributed by atoms with Crippen LogP contribution in [0.15, 0.2) is 53.5 Å². The number of aromatic carboxylic acids is 1. The predicted octanol–water partition coefficient (Wildman–Crippen LogP) is 3.76. The van der Waals surface area contributed by atoms with Gasteiger partial charge in [0.2, 0.25) is 0 Å². The molecule has 1 N–H and O–H groups in total. The zero-order valence-corrected chi connectivity index (χ0v) is 12.1. The molecule has 22 heavy (non-hydrogen) atoms. The molecular weight excluding hydrogens is 302 g/mol. The van der Waals surface area contributed by atoms with Crippen molar-refractivity contribution >= 4 is 45.6 Å². The van der Waals surface area contributed by atoms with E-state index in [9.17, 15) is 9.59 Å². The Kier molecular flexibility index (Phi) is 3.33. The molecule has 3 aromatic rings. The molecule has 108 valence electrons. The SMILES string of the molecule is C=C=Cn1c2ccc(Cl)cc2c(=O)c2cc(C(=O)O)ccc21. The van der Waals surface area contributed by atoms with Crippen molar-refractivity contribution in [2.75, 3.05) is 0 Å². The molecule has 2 aromatic carbocycles. The fourth-order valence-electron chi connectivity index (χ4n) is 2.47. The predicted molar refractivity (Wildman–Crippen MR) is 87.6 cm³/mol. The lowest BCUT2D eigenvalue weighted by atomic mass is 10.1. The van der Waals surface area contributed by atoms with Gasteiger partial charge >= 0.3 is 5.97 Å². The second kappa shape index (κ2) is 5.19. The van der Waals surface area contributed by atoms with Crippen LogP contribution < -0.4 is 5.43 Å². The molecule has 3 rings (SSSR count). The second-order valence-corrected chi connectivity index (χ2v) is 5.17. The molecular formula is C17H10ClNO3. The van der Waals surface area contributed by atoms with E-state index in [1.807, 2.05) is 0 Å². The molecule has 0 fully saturated rings. The summed E-state index contributed by atoms with van der Waals surface area (Å²) in [5.74, 6) is -1.08. The molecule has 0 aliphatic heterocycles. The minimum atomic E-state index is -1.08. The van der Waals surface area contributed by atoms with E-state index in [1.165, 1.54) is 12.1 Å². The molecule has 0 saturated carbocycles. The summed E-state index contributed by atoms with van der Waals surface area (Å²) in [6, 6.07) is 9.42. The summed E-state index contributed by atoms with van der Waals surface area (Å²) in [6.45, 7) is 3.56. The lowest BCUT2D eigenvalue weighted by Gasteiger charge is -2.11. The number of pyridine rings is 1. The number of fused-ring (bicyclic) bond motifs is 2. The number of rotatable bonds is 2. The van der Waals surface area contributed by atoms with Crippen molar-refractivity contribution in [1.29, 1.82) is 0 Å². The van der Waals surface area contributed by atoms with Crippen LogP contribution in [0.1, 0.15) is 10.4 Å². The highest BCUT2D eigenvalue weighted by atomic mass is 35.5. The maximum absolute atomic E-state index is 12.7. The van der Waals surface area contributed by atoms with Crippen LogP contribution >= 0.6 is 11.6 Å². The van der Waals surface area contributed by atoms with Crippen molar-refractivity contribution in [2.45, 2.75) is 0 Å². The molecule has 0 spiro atoms. The smallest absolute Gasteiger partial charge is 0.335 e. The second-order valence-electron chi connectivity index (χ2n) is 4.73. The Morgan fingerprint density at radius 2 is 1.82 bits per heavy atom. The minimum absolute atomic E-state index is 0.0557. The standard InChI is InChI=1S/C17H10ClNO3/c1-2-7-19-14-5-3-10(17(21)22)8-12(14)16(20)13-9-11(18)4-6-15(13)19/h3-9H,1H2,(H,21,22). The molecule has 4 nitrogen and oxygen atoms in total. The molecule has 0 amide bonds. The largest absolute Gasteiger partial charge is 0.478 e. The van der Waals surface area contributed by atoms with Crippen molar-refractivity contribution < 1.29 is 9.90 Å². The van der Waals surface area contributed by atoms with Gasteiger partial charge < -0.3 is 9.67 Å². The van der Waals surface area contributed by atoms with E-state index in [0.29, 0.717) is 26.8 Å². The normalized spacial score (nSPS) is 10.6. The van der Waals surface area contributed by atoms with Crippen LogP contribution in [0.25, 0.3) is 28.0 Å². The molecule has 5 heteroatoms. The Morgan fingerprint density at radius 1 is 1.18 bits per heavy atom. The van der Waals surface area contributed by atoms with E-state index >= 15 is 0 Å². The Hall–Kier alpha value is -2.81. The van der Waals surface area contributed by atoms with Crippen LogP contribution in [0.3, 0.4) is 0 Å². The highest BCUT2D eigenvalue weighted by Crippen LogP contribution is 2.23. The number of hydrogen-bond donors (Lipinski definition) is 1. The Labute approximate surface area is 130 Å². The first kappa shape index (κ1) is 14.1. The molecule has 0 saturated heterocycles. The number of carbonyl (C=O) groups is 1. The van der Waals surface area contributed by atoms with Gasteiger partial charge in [-0.2, -0.15) is 0 Å². The molecule has 0 atom stereocenters. The quantitative estimate of drug-likeness (QED) is 0.579. The first-order chi connectivity index (χ1) is 10.5. The minimum Gasteiger partial charge on any atom is -0.478 e. The summed E-state index contributed by atoms with van der Waals surface area (Å²) < 4.78 is 1.74. The Balaban J connectivity index is 2.61. The molecule has 0 aliphatic carbocycles. The number of benzene rings is 2. The summed E-state index contributed by atoms with van der Waals surface area (Å²) in [6.07, 6.45) is 1.60. The average molecular weight is 312 g/mol. The van der Waals surface area contributed by atoms with E-state index in [0.717, 1.165) is 0 Å². The van der Waals surface area contributed by atoms with Gasteiger partial charge in [0.1, 0.15) is 0 Å². The van der Waals surface area contributed by atoms with E-state index in [-0.39, 0.29) is 11.0 Å². The molecule has 0 bridgehead atoms. The van der Waals surface area contributed by atoms with Crippen molar-refractivity contribution in [3.63, 3.8) is 0 Å². The zero-order valence-electron chi connectivity index (χ0n) is 11.3. The number of carboxylic acids is 1. The number of halogens is 1. The highest BCUT2D eigenvalue weighted by molar-refractivity contribution is 6.31. The van der Waals surface area contributed by atoms with Crippen molar-refractivity contribution in [2.24, 2.45) is 0 Å². The monoisotopic (exact) mass is 311 g/mol. The number of aromatic nitrogens is 1. The summed E-state index contributed by atoms with van der Waals surface area (Å²) in [5, 5.41) is 10.3. The van der Waals surface area contributed by atoms with Crippen LogP contribution in [-0.2, 0) is 0 Å². The third-order valence-corrected chi connectivity index (χ3v) is 3.67. The number of hydrogen-bond acceptors (Lipinski definition) is 2. The lowest BCUT2D eigenvalue weighted by Crippen LogP contribution is -2.09. The van der Waals surface area contributed by atoms with Gasteiger partial charge in [-0.25, -0.2) is 4.79 Å². The van der Waals surface area contributed by atoms with Gasteiger partial charge in [0.05, 0.1) is 22.8 Å². The van der Waals surface area contributed by atoms with Gasteiger partial charge in [-0.15, -0.1) is 5.73 Å². The van der Waals surface area contributed by atoms with Crippen LogP contribution in [0.4, 0.5) is 0 Å². The lowest BCUT2D eigenvalue weighted by molar-refractivity contribution is 0.0697. The van der Waals surface area contributed by atoms with Crippen LogP contribution in [-0.4, -0.2) is 15.6 Å². The van der Waals surface area contributed by atoms with E-state index in [1.54, 1.807) is 35.0 Å².